The van der Waals surface area contributed by atoms with Gasteiger partial charge in [0, 0.05) is 17.5 Å². The van der Waals surface area contributed by atoms with Gasteiger partial charge in [-0.15, -0.1) is 11.3 Å². The average Bonchev–Trinajstić information content (AvgIpc) is 2.79. The fourth-order valence-electron chi connectivity index (χ4n) is 1.54. The van der Waals surface area contributed by atoms with Gasteiger partial charge in [-0.2, -0.15) is 0 Å². The summed E-state index contributed by atoms with van der Waals surface area (Å²) < 4.78 is 0. The highest BCUT2D eigenvalue weighted by molar-refractivity contribution is 7.15. The molecule has 4 N–H and O–H groups in total. The standard InChI is InChI=1S/C13H15N3OS/c1-9-2-4-10(5-3-9)6-11-8-15-13(18-11)16-12(17)7-14/h2-5,8H,6-7,14H2,1H3,(H,15,16,17)/p+1. The molecule has 0 spiro atoms. The molecule has 1 aromatic carbocycles. The van der Waals surface area contributed by atoms with Crippen LogP contribution in [0.1, 0.15) is 16.0 Å². The van der Waals surface area contributed by atoms with Crippen molar-refractivity contribution in [3.63, 3.8) is 0 Å². The lowest BCUT2D eigenvalue weighted by atomic mass is 10.1. The van der Waals surface area contributed by atoms with Gasteiger partial charge in [0.1, 0.15) is 0 Å². The molecule has 0 unspecified atom stereocenters. The van der Waals surface area contributed by atoms with E-state index >= 15 is 0 Å². The van der Waals surface area contributed by atoms with Crippen molar-refractivity contribution in [3.8, 4) is 0 Å². The second kappa shape index (κ2) is 5.75. The van der Waals surface area contributed by atoms with Crippen LogP contribution >= 0.6 is 11.3 Å². The Hall–Kier alpha value is -1.72. The molecule has 1 heterocycles. The van der Waals surface area contributed by atoms with Crippen LogP contribution in [-0.2, 0) is 11.2 Å². The van der Waals surface area contributed by atoms with Gasteiger partial charge in [0.05, 0.1) is 0 Å². The molecular weight excluding hydrogens is 246 g/mol. The second-order valence-electron chi connectivity index (χ2n) is 4.09. The first-order valence-corrected chi connectivity index (χ1v) is 6.58. The van der Waals surface area contributed by atoms with Crippen molar-refractivity contribution in [2.75, 3.05) is 11.9 Å². The topological polar surface area (TPSA) is 69.6 Å². The first-order valence-electron chi connectivity index (χ1n) is 5.76. The minimum absolute atomic E-state index is 0.105. The Morgan fingerprint density at radius 1 is 1.39 bits per heavy atom. The zero-order chi connectivity index (χ0) is 13.0. The van der Waals surface area contributed by atoms with E-state index < -0.39 is 0 Å². The van der Waals surface area contributed by atoms with E-state index in [1.54, 1.807) is 0 Å². The molecule has 18 heavy (non-hydrogen) atoms. The van der Waals surface area contributed by atoms with Crippen molar-refractivity contribution in [2.45, 2.75) is 13.3 Å². The Bertz CT molecular complexity index is 533. The largest absolute Gasteiger partial charge is 0.350 e. The lowest BCUT2D eigenvalue weighted by molar-refractivity contribution is -0.353. The average molecular weight is 262 g/mol. The van der Waals surface area contributed by atoms with Crippen LogP contribution in [0.5, 0.6) is 0 Å². The van der Waals surface area contributed by atoms with E-state index in [1.165, 1.54) is 22.5 Å². The van der Waals surface area contributed by atoms with Gasteiger partial charge in [0.2, 0.25) is 0 Å². The smallest absolute Gasteiger partial charge is 0.281 e. The molecule has 0 bridgehead atoms. The van der Waals surface area contributed by atoms with Gasteiger partial charge < -0.3 is 5.73 Å². The molecule has 4 nitrogen and oxygen atoms in total. The van der Waals surface area contributed by atoms with Gasteiger partial charge >= 0.3 is 0 Å². The predicted molar refractivity (Wildman–Crippen MR) is 72.5 cm³/mol. The minimum atomic E-state index is -0.105. The third-order valence-corrected chi connectivity index (χ3v) is 3.44. The minimum Gasteiger partial charge on any atom is -0.350 e. The number of thiazole rings is 1. The Kier molecular flexibility index (Phi) is 4.07. The summed E-state index contributed by atoms with van der Waals surface area (Å²) in [6.45, 7) is 2.30. The molecule has 94 valence electrons. The second-order valence-corrected chi connectivity index (χ2v) is 5.21. The lowest BCUT2D eigenvalue weighted by Crippen LogP contribution is -2.55. The number of carbonyl (C=O) groups excluding carboxylic acids is 1. The molecule has 5 heteroatoms. The molecule has 0 aliphatic rings. The molecule has 2 aromatic rings. The first kappa shape index (κ1) is 12.7. The Labute approximate surface area is 110 Å². The van der Waals surface area contributed by atoms with Crippen molar-refractivity contribution in [3.05, 3.63) is 46.5 Å². The van der Waals surface area contributed by atoms with Gasteiger partial charge in [-0.3, -0.25) is 10.1 Å². The number of anilines is 1. The van der Waals surface area contributed by atoms with Gasteiger partial charge in [-0.05, 0) is 12.5 Å². The van der Waals surface area contributed by atoms with Gasteiger partial charge in [-0.25, -0.2) is 4.98 Å². The number of nitrogens with one attached hydrogen (secondary N) is 1. The molecule has 0 aliphatic heterocycles. The van der Waals surface area contributed by atoms with E-state index in [9.17, 15) is 4.79 Å². The number of quaternary nitrogens is 1. The normalized spacial score (nSPS) is 10.3. The maximum Gasteiger partial charge on any atom is 0.281 e. The van der Waals surface area contributed by atoms with Crippen LogP contribution in [0.25, 0.3) is 0 Å². The van der Waals surface area contributed by atoms with Crippen molar-refractivity contribution in [2.24, 2.45) is 0 Å². The highest BCUT2D eigenvalue weighted by atomic mass is 32.1. The van der Waals surface area contributed by atoms with Crippen molar-refractivity contribution in [1.29, 1.82) is 0 Å². The molecule has 1 amide bonds. The molecule has 1 aromatic heterocycles. The van der Waals surface area contributed by atoms with Crippen LogP contribution < -0.4 is 11.1 Å². The molecule has 0 aliphatic carbocycles. The van der Waals surface area contributed by atoms with E-state index in [1.807, 2.05) is 6.20 Å². The van der Waals surface area contributed by atoms with Gasteiger partial charge in [0.15, 0.2) is 11.7 Å². The first-order chi connectivity index (χ1) is 8.67. The van der Waals surface area contributed by atoms with Crippen LogP contribution in [0, 0.1) is 6.92 Å². The summed E-state index contributed by atoms with van der Waals surface area (Å²) in [7, 11) is 0. The molecule has 0 saturated heterocycles. The number of amides is 1. The zero-order valence-corrected chi connectivity index (χ0v) is 11.1. The zero-order valence-electron chi connectivity index (χ0n) is 10.3. The molecule has 0 saturated carbocycles. The van der Waals surface area contributed by atoms with Crippen LogP contribution in [0.2, 0.25) is 0 Å². The number of rotatable bonds is 4. The summed E-state index contributed by atoms with van der Waals surface area (Å²) in [6.07, 6.45) is 2.65. The van der Waals surface area contributed by atoms with E-state index in [4.69, 9.17) is 0 Å². The quantitative estimate of drug-likeness (QED) is 0.870. The maximum atomic E-state index is 11.2. The van der Waals surface area contributed by atoms with Crippen LogP contribution in [0.15, 0.2) is 30.5 Å². The van der Waals surface area contributed by atoms with Crippen LogP contribution in [0.4, 0.5) is 5.13 Å². The molecular formula is C13H16N3OS+. The summed E-state index contributed by atoms with van der Waals surface area (Å²) in [4.78, 5) is 16.5. The van der Waals surface area contributed by atoms with E-state index in [-0.39, 0.29) is 12.5 Å². The Morgan fingerprint density at radius 2 is 2.11 bits per heavy atom. The Balaban J connectivity index is 2.02. The van der Waals surface area contributed by atoms with E-state index in [0.29, 0.717) is 5.13 Å². The van der Waals surface area contributed by atoms with Crippen molar-refractivity contribution >= 4 is 22.4 Å². The number of benzene rings is 1. The predicted octanol–water partition coefficient (Wildman–Crippen LogP) is 1.22. The SMILES string of the molecule is Cc1ccc(Cc2cnc(NC(=O)C[NH3+])s2)cc1. The third kappa shape index (κ3) is 3.38. The van der Waals surface area contributed by atoms with Gasteiger partial charge in [0.25, 0.3) is 5.91 Å². The summed E-state index contributed by atoms with van der Waals surface area (Å²) >= 11 is 1.50. The number of nitrogens with zero attached hydrogens (tertiary/aromatic N) is 1. The molecule has 2 rings (SSSR count). The van der Waals surface area contributed by atoms with Crippen LogP contribution in [0.3, 0.4) is 0 Å². The fraction of sp³-hybridized carbons (Fsp3) is 0.231. The molecule has 0 fully saturated rings. The summed E-state index contributed by atoms with van der Waals surface area (Å²) in [5, 5.41) is 3.36. The van der Waals surface area contributed by atoms with Gasteiger partial charge in [-0.1, -0.05) is 29.8 Å². The maximum absolute atomic E-state index is 11.2. The molecule has 0 radical (unpaired) electrons. The highest BCUT2D eigenvalue weighted by Crippen LogP contribution is 2.21. The summed E-state index contributed by atoms with van der Waals surface area (Å²) in [5.74, 6) is -0.105. The number of carbonyl (C=O) groups is 1. The summed E-state index contributed by atoms with van der Waals surface area (Å²) in [5.41, 5.74) is 6.03. The fourth-order valence-corrected chi connectivity index (χ4v) is 2.40. The number of hydrogen-bond acceptors (Lipinski definition) is 3. The Morgan fingerprint density at radius 3 is 2.78 bits per heavy atom. The summed E-state index contributed by atoms with van der Waals surface area (Å²) in [6, 6.07) is 8.43. The van der Waals surface area contributed by atoms with Crippen molar-refractivity contribution in [1.82, 2.24) is 4.98 Å². The van der Waals surface area contributed by atoms with E-state index in [2.05, 4.69) is 47.2 Å². The molecule has 0 atom stereocenters. The number of hydrogen-bond donors (Lipinski definition) is 2. The van der Waals surface area contributed by atoms with E-state index in [0.717, 1.165) is 11.3 Å². The highest BCUT2D eigenvalue weighted by Gasteiger charge is 2.06. The lowest BCUT2D eigenvalue weighted by Gasteiger charge is -1.99. The number of aryl methyl sites for hydroxylation is 1. The number of aromatic nitrogens is 1. The third-order valence-electron chi connectivity index (χ3n) is 2.53. The van der Waals surface area contributed by atoms with Crippen LogP contribution in [-0.4, -0.2) is 17.4 Å². The monoisotopic (exact) mass is 262 g/mol. The van der Waals surface area contributed by atoms with Crippen molar-refractivity contribution < 1.29 is 10.5 Å².